The molecule has 0 aromatic carbocycles. The van der Waals surface area contributed by atoms with Gasteiger partial charge in [-0.15, -0.1) is 0 Å². The van der Waals surface area contributed by atoms with Gasteiger partial charge in [0.05, 0.1) is 0 Å². The Kier molecular flexibility index (Phi) is 4.75. The molecule has 1 aliphatic rings. The van der Waals surface area contributed by atoms with E-state index in [9.17, 15) is 0 Å². The first kappa shape index (κ1) is 14.3. The largest absolute Gasteiger partial charge is 0.341 e. The van der Waals surface area contributed by atoms with E-state index in [4.69, 9.17) is 0 Å². The monoisotopic (exact) mass is 262 g/mol. The fourth-order valence-electron chi connectivity index (χ4n) is 2.70. The lowest BCUT2D eigenvalue weighted by Crippen LogP contribution is -2.42. The number of aryl methyl sites for hydroxylation is 1. The molecule has 1 aromatic rings. The molecule has 0 spiro atoms. The van der Waals surface area contributed by atoms with E-state index in [1.165, 1.54) is 18.4 Å². The van der Waals surface area contributed by atoms with E-state index in [1.54, 1.807) is 0 Å². The summed E-state index contributed by atoms with van der Waals surface area (Å²) in [5.41, 5.74) is 1.21. The summed E-state index contributed by atoms with van der Waals surface area (Å²) in [6.07, 6.45) is 7.38. The van der Waals surface area contributed by atoms with Crippen LogP contribution in [0.1, 0.15) is 32.3 Å². The lowest BCUT2D eigenvalue weighted by molar-refractivity contribution is 0.198. The van der Waals surface area contributed by atoms with Crippen LogP contribution in [-0.2, 0) is 6.42 Å². The van der Waals surface area contributed by atoms with E-state index < -0.39 is 0 Å². The highest BCUT2D eigenvalue weighted by molar-refractivity contribution is 5.30. The zero-order valence-corrected chi connectivity index (χ0v) is 12.6. The highest BCUT2D eigenvalue weighted by Crippen LogP contribution is 2.24. The zero-order valence-electron chi connectivity index (χ0n) is 12.6. The Labute approximate surface area is 116 Å². The molecule has 2 rings (SSSR count). The minimum Gasteiger partial charge on any atom is -0.341 e. The standard InChI is InChI=1S/C15H26N4/c1-5-13-10-16-15(17-11-13)19-8-6-14(7-9-19)12(2)18(3)4/h10-12,14H,5-9H2,1-4H3. The van der Waals surface area contributed by atoms with Crippen LogP contribution in [0.2, 0.25) is 0 Å². The van der Waals surface area contributed by atoms with Crippen LogP contribution in [0.3, 0.4) is 0 Å². The van der Waals surface area contributed by atoms with Gasteiger partial charge in [-0.25, -0.2) is 9.97 Å². The van der Waals surface area contributed by atoms with Crippen LogP contribution < -0.4 is 4.90 Å². The number of rotatable bonds is 4. The first-order valence-electron chi connectivity index (χ1n) is 7.34. The van der Waals surface area contributed by atoms with Gasteiger partial charge in [0.2, 0.25) is 5.95 Å². The summed E-state index contributed by atoms with van der Waals surface area (Å²) in [5, 5.41) is 0. The van der Waals surface area contributed by atoms with Gasteiger partial charge in [-0.3, -0.25) is 0 Å². The summed E-state index contributed by atoms with van der Waals surface area (Å²) in [6.45, 7) is 6.61. The van der Waals surface area contributed by atoms with Crippen LogP contribution >= 0.6 is 0 Å². The third-order valence-corrected chi connectivity index (χ3v) is 4.42. The van der Waals surface area contributed by atoms with E-state index in [1.807, 2.05) is 12.4 Å². The van der Waals surface area contributed by atoms with Crippen LogP contribution in [0.15, 0.2) is 12.4 Å². The van der Waals surface area contributed by atoms with Crippen LogP contribution in [0.5, 0.6) is 0 Å². The minimum absolute atomic E-state index is 0.658. The molecule has 0 bridgehead atoms. The van der Waals surface area contributed by atoms with Crippen LogP contribution in [0, 0.1) is 5.92 Å². The van der Waals surface area contributed by atoms with Crippen molar-refractivity contribution in [3.05, 3.63) is 18.0 Å². The van der Waals surface area contributed by atoms with Gasteiger partial charge in [-0.2, -0.15) is 0 Å². The molecule has 4 nitrogen and oxygen atoms in total. The lowest BCUT2D eigenvalue weighted by Gasteiger charge is -2.37. The van der Waals surface area contributed by atoms with Gasteiger partial charge < -0.3 is 9.80 Å². The Morgan fingerprint density at radius 1 is 1.26 bits per heavy atom. The van der Waals surface area contributed by atoms with Gasteiger partial charge >= 0.3 is 0 Å². The number of piperidine rings is 1. The van der Waals surface area contributed by atoms with Gasteiger partial charge in [0.15, 0.2) is 0 Å². The molecule has 0 aliphatic carbocycles. The second-order valence-electron chi connectivity index (χ2n) is 5.77. The van der Waals surface area contributed by atoms with Crippen molar-refractivity contribution in [3.63, 3.8) is 0 Å². The van der Waals surface area contributed by atoms with Crippen molar-refractivity contribution < 1.29 is 0 Å². The summed E-state index contributed by atoms with van der Waals surface area (Å²) in [5.74, 6) is 1.69. The Hall–Kier alpha value is -1.16. The van der Waals surface area contributed by atoms with Gasteiger partial charge in [0.1, 0.15) is 0 Å². The molecule has 0 amide bonds. The predicted octanol–water partition coefficient (Wildman–Crippen LogP) is 2.21. The molecule has 1 unspecified atom stereocenters. The molecule has 2 heterocycles. The number of hydrogen-bond donors (Lipinski definition) is 0. The van der Waals surface area contributed by atoms with E-state index >= 15 is 0 Å². The predicted molar refractivity (Wildman–Crippen MR) is 79.5 cm³/mol. The van der Waals surface area contributed by atoms with Crippen LogP contribution in [-0.4, -0.2) is 48.1 Å². The second-order valence-corrected chi connectivity index (χ2v) is 5.77. The van der Waals surface area contributed by atoms with Crippen molar-refractivity contribution in [2.24, 2.45) is 5.92 Å². The lowest BCUT2D eigenvalue weighted by atomic mass is 9.90. The van der Waals surface area contributed by atoms with Crippen LogP contribution in [0.4, 0.5) is 5.95 Å². The topological polar surface area (TPSA) is 32.3 Å². The Morgan fingerprint density at radius 3 is 2.32 bits per heavy atom. The van der Waals surface area contributed by atoms with E-state index in [2.05, 4.69) is 47.7 Å². The quantitative estimate of drug-likeness (QED) is 0.833. The van der Waals surface area contributed by atoms with Crippen LogP contribution in [0.25, 0.3) is 0 Å². The van der Waals surface area contributed by atoms with E-state index in [0.717, 1.165) is 31.4 Å². The van der Waals surface area contributed by atoms with Crippen molar-refractivity contribution in [2.75, 3.05) is 32.1 Å². The first-order chi connectivity index (χ1) is 9.11. The molecule has 1 fully saturated rings. The highest BCUT2D eigenvalue weighted by Gasteiger charge is 2.25. The Morgan fingerprint density at radius 2 is 1.84 bits per heavy atom. The van der Waals surface area contributed by atoms with Gasteiger partial charge in [0.25, 0.3) is 0 Å². The Bertz CT molecular complexity index is 380. The fourth-order valence-corrected chi connectivity index (χ4v) is 2.70. The summed E-state index contributed by atoms with van der Waals surface area (Å²) in [7, 11) is 4.34. The van der Waals surface area contributed by atoms with Crippen molar-refractivity contribution >= 4 is 5.95 Å². The molecule has 1 aliphatic heterocycles. The number of anilines is 1. The molecule has 0 N–H and O–H groups in total. The summed E-state index contributed by atoms with van der Waals surface area (Å²) in [4.78, 5) is 13.6. The van der Waals surface area contributed by atoms with Crippen molar-refractivity contribution in [1.29, 1.82) is 0 Å². The van der Waals surface area contributed by atoms with Crippen molar-refractivity contribution in [2.45, 2.75) is 39.2 Å². The molecule has 106 valence electrons. The minimum atomic E-state index is 0.658. The maximum Gasteiger partial charge on any atom is 0.225 e. The van der Waals surface area contributed by atoms with Gasteiger partial charge in [-0.1, -0.05) is 6.92 Å². The summed E-state index contributed by atoms with van der Waals surface area (Å²) in [6, 6.07) is 0.658. The van der Waals surface area contributed by atoms with Gasteiger partial charge in [0, 0.05) is 31.5 Å². The summed E-state index contributed by atoms with van der Waals surface area (Å²) < 4.78 is 0. The number of nitrogens with zero attached hydrogens (tertiary/aromatic N) is 4. The van der Waals surface area contributed by atoms with Gasteiger partial charge in [-0.05, 0) is 51.8 Å². The molecular weight excluding hydrogens is 236 g/mol. The van der Waals surface area contributed by atoms with E-state index in [0.29, 0.717) is 6.04 Å². The molecule has 0 saturated carbocycles. The number of aromatic nitrogens is 2. The van der Waals surface area contributed by atoms with E-state index in [-0.39, 0.29) is 0 Å². The number of hydrogen-bond acceptors (Lipinski definition) is 4. The second kappa shape index (κ2) is 6.33. The molecule has 1 aromatic heterocycles. The van der Waals surface area contributed by atoms with Crippen molar-refractivity contribution in [3.8, 4) is 0 Å². The third-order valence-electron chi connectivity index (χ3n) is 4.42. The average molecular weight is 262 g/mol. The first-order valence-corrected chi connectivity index (χ1v) is 7.34. The molecule has 0 radical (unpaired) electrons. The SMILES string of the molecule is CCc1cnc(N2CCC(C(C)N(C)C)CC2)nc1. The normalized spacial score (nSPS) is 18.9. The molecular formula is C15H26N4. The maximum absolute atomic E-state index is 4.48. The van der Waals surface area contributed by atoms with Crippen molar-refractivity contribution in [1.82, 2.24) is 14.9 Å². The molecule has 19 heavy (non-hydrogen) atoms. The maximum atomic E-state index is 4.48. The third kappa shape index (κ3) is 3.44. The molecule has 1 saturated heterocycles. The fraction of sp³-hybridized carbons (Fsp3) is 0.733. The average Bonchev–Trinajstić information content (AvgIpc) is 2.46. The highest BCUT2D eigenvalue weighted by atomic mass is 15.2. The zero-order chi connectivity index (χ0) is 13.8. The molecule has 4 heteroatoms. The summed E-state index contributed by atoms with van der Waals surface area (Å²) >= 11 is 0. The molecule has 1 atom stereocenters. The Balaban J connectivity index is 1.92. The smallest absolute Gasteiger partial charge is 0.225 e.